The number of hydrogen-bond donors (Lipinski definition) is 2. The highest BCUT2D eigenvalue weighted by atomic mass is 19.4. The maximum atomic E-state index is 13.2. The monoisotopic (exact) mass is 287 g/mol. The summed E-state index contributed by atoms with van der Waals surface area (Å²) in [6.45, 7) is 0. The first kappa shape index (κ1) is 14.4. The van der Waals surface area contributed by atoms with E-state index in [1.165, 1.54) is 6.07 Å². The van der Waals surface area contributed by atoms with Crippen LogP contribution in [0.5, 0.6) is 0 Å². The molecule has 0 aliphatic carbocycles. The molecule has 2 unspecified atom stereocenters. The summed E-state index contributed by atoms with van der Waals surface area (Å²) in [6, 6.07) is 6.35. The number of hydrogen-bond acceptors (Lipinski definition) is 3. The number of carbonyl (C=O) groups is 1. The number of aromatic nitrogens is 1. The van der Waals surface area contributed by atoms with Crippen molar-refractivity contribution < 1.29 is 27.8 Å². The van der Waals surface area contributed by atoms with Crippen molar-refractivity contribution in [3.05, 3.63) is 36.0 Å². The Labute approximate surface area is 112 Å². The number of fused-ring (bicyclic) bond motifs is 1. The summed E-state index contributed by atoms with van der Waals surface area (Å²) in [5.74, 6) is -3.66. The van der Waals surface area contributed by atoms with E-state index in [9.17, 15) is 23.1 Å². The lowest BCUT2D eigenvalue weighted by molar-refractivity contribution is -0.186. The second-order valence-corrected chi connectivity index (χ2v) is 4.28. The molecule has 20 heavy (non-hydrogen) atoms. The van der Waals surface area contributed by atoms with E-state index in [0.717, 1.165) is 13.3 Å². The van der Waals surface area contributed by atoms with E-state index < -0.39 is 24.2 Å². The van der Waals surface area contributed by atoms with E-state index in [0.29, 0.717) is 10.9 Å². The van der Waals surface area contributed by atoms with Crippen LogP contribution in [0.3, 0.4) is 0 Å². The highest BCUT2D eigenvalue weighted by molar-refractivity contribution is 5.85. The average molecular weight is 287 g/mol. The number of para-hydroxylation sites is 1. The number of ether oxygens (including phenoxy) is 1. The zero-order valence-electron chi connectivity index (χ0n) is 10.4. The van der Waals surface area contributed by atoms with Gasteiger partial charge in [0.05, 0.1) is 7.11 Å². The molecule has 1 heterocycles. The van der Waals surface area contributed by atoms with Gasteiger partial charge in [-0.25, -0.2) is 4.79 Å². The third kappa shape index (κ3) is 2.49. The van der Waals surface area contributed by atoms with Crippen LogP contribution >= 0.6 is 0 Å². The third-order valence-electron chi connectivity index (χ3n) is 3.07. The summed E-state index contributed by atoms with van der Waals surface area (Å²) < 4.78 is 43.7. The molecule has 0 aliphatic rings. The van der Waals surface area contributed by atoms with Gasteiger partial charge in [-0.05, 0) is 11.6 Å². The highest BCUT2D eigenvalue weighted by Gasteiger charge is 2.49. The molecule has 0 bridgehead atoms. The van der Waals surface area contributed by atoms with Crippen LogP contribution in [-0.4, -0.2) is 35.4 Å². The summed E-state index contributed by atoms with van der Waals surface area (Å²) in [6.07, 6.45) is -5.94. The van der Waals surface area contributed by atoms with Crippen LogP contribution < -0.4 is 0 Å². The zero-order chi connectivity index (χ0) is 14.9. The molecule has 0 fully saturated rings. The topological polar surface area (TPSA) is 62.3 Å². The minimum absolute atomic E-state index is 0.189. The number of rotatable bonds is 3. The minimum atomic E-state index is -4.78. The molecule has 0 aliphatic heterocycles. The molecule has 0 spiro atoms. The standard InChI is InChI=1S/C13H12F3NO3/c1-20-12(19)11(18)10(13(14,15)16)8-6-17-9-5-3-2-4-7(8)9/h2-6,10-11,17-18H,1H3. The van der Waals surface area contributed by atoms with Crippen molar-refractivity contribution in [1.29, 1.82) is 0 Å². The van der Waals surface area contributed by atoms with Crippen LogP contribution in [0.1, 0.15) is 11.5 Å². The van der Waals surface area contributed by atoms with Crippen molar-refractivity contribution in [3.8, 4) is 0 Å². The Morgan fingerprint density at radius 2 is 2.00 bits per heavy atom. The van der Waals surface area contributed by atoms with Crippen molar-refractivity contribution in [2.24, 2.45) is 0 Å². The number of methoxy groups -OCH3 is 1. The van der Waals surface area contributed by atoms with Gasteiger partial charge in [0.15, 0.2) is 6.10 Å². The number of carbonyl (C=O) groups excluding carboxylic acids is 1. The van der Waals surface area contributed by atoms with Gasteiger partial charge in [0.1, 0.15) is 5.92 Å². The van der Waals surface area contributed by atoms with Crippen molar-refractivity contribution in [2.45, 2.75) is 18.2 Å². The number of aliphatic hydroxyl groups excluding tert-OH is 1. The van der Waals surface area contributed by atoms with Gasteiger partial charge >= 0.3 is 12.1 Å². The number of esters is 1. The number of aliphatic hydroxyl groups is 1. The summed E-state index contributed by atoms with van der Waals surface area (Å²) >= 11 is 0. The SMILES string of the molecule is COC(=O)C(O)C(c1c[nH]c2ccccc12)C(F)(F)F. The van der Waals surface area contributed by atoms with Gasteiger partial charge in [-0.15, -0.1) is 0 Å². The van der Waals surface area contributed by atoms with Crippen molar-refractivity contribution in [1.82, 2.24) is 4.98 Å². The summed E-state index contributed by atoms with van der Waals surface area (Å²) in [4.78, 5) is 13.9. The van der Waals surface area contributed by atoms with Crippen molar-refractivity contribution >= 4 is 16.9 Å². The fraction of sp³-hybridized carbons (Fsp3) is 0.308. The minimum Gasteiger partial charge on any atom is -0.467 e. The van der Waals surface area contributed by atoms with E-state index in [1.54, 1.807) is 18.2 Å². The van der Waals surface area contributed by atoms with Gasteiger partial charge in [0.25, 0.3) is 0 Å². The van der Waals surface area contributed by atoms with Crippen LogP contribution in [0.2, 0.25) is 0 Å². The molecule has 2 rings (SSSR count). The van der Waals surface area contributed by atoms with Crippen LogP contribution in [0.25, 0.3) is 10.9 Å². The first-order valence-corrected chi connectivity index (χ1v) is 5.75. The number of alkyl halides is 3. The Hall–Kier alpha value is -2.02. The Bertz CT molecular complexity index is 621. The molecule has 0 amide bonds. The number of nitrogens with one attached hydrogen (secondary N) is 1. The highest BCUT2D eigenvalue weighted by Crippen LogP contribution is 2.40. The normalized spacial score (nSPS) is 15.1. The van der Waals surface area contributed by atoms with E-state index in [1.807, 2.05) is 0 Å². The summed E-state index contributed by atoms with van der Waals surface area (Å²) in [7, 11) is 0.925. The predicted octanol–water partition coefficient (Wildman–Crippen LogP) is 2.35. The lowest BCUT2D eigenvalue weighted by atomic mass is 9.92. The Balaban J connectivity index is 2.55. The van der Waals surface area contributed by atoms with Crippen molar-refractivity contribution in [3.63, 3.8) is 0 Å². The number of benzene rings is 1. The molecule has 1 aromatic carbocycles. The van der Waals surface area contributed by atoms with Gasteiger partial charge < -0.3 is 14.8 Å². The van der Waals surface area contributed by atoms with Gasteiger partial charge in [0, 0.05) is 17.1 Å². The second-order valence-electron chi connectivity index (χ2n) is 4.28. The smallest absolute Gasteiger partial charge is 0.398 e. The zero-order valence-corrected chi connectivity index (χ0v) is 10.4. The molecule has 0 saturated heterocycles. The van der Waals surface area contributed by atoms with Gasteiger partial charge in [-0.2, -0.15) is 13.2 Å². The second kappa shape index (κ2) is 5.16. The molecule has 2 atom stereocenters. The molecular formula is C13H12F3NO3. The molecular weight excluding hydrogens is 275 g/mol. The third-order valence-corrected chi connectivity index (χ3v) is 3.07. The first-order valence-electron chi connectivity index (χ1n) is 5.75. The molecule has 0 radical (unpaired) electrons. The molecule has 108 valence electrons. The quantitative estimate of drug-likeness (QED) is 0.852. The summed E-state index contributed by atoms with van der Waals surface area (Å²) in [5, 5.41) is 9.94. The number of halogens is 3. The number of aromatic amines is 1. The summed E-state index contributed by atoms with van der Waals surface area (Å²) in [5.41, 5.74) is 0.305. The van der Waals surface area contributed by atoms with E-state index >= 15 is 0 Å². The molecule has 2 N–H and O–H groups in total. The average Bonchev–Trinajstić information content (AvgIpc) is 2.80. The van der Waals surface area contributed by atoms with Crippen molar-refractivity contribution in [2.75, 3.05) is 7.11 Å². The first-order chi connectivity index (χ1) is 9.36. The lowest BCUT2D eigenvalue weighted by Crippen LogP contribution is -2.37. The van der Waals surface area contributed by atoms with Crippen LogP contribution in [-0.2, 0) is 9.53 Å². The fourth-order valence-electron chi connectivity index (χ4n) is 2.13. The van der Waals surface area contributed by atoms with E-state index in [4.69, 9.17) is 0 Å². The molecule has 2 aromatic rings. The van der Waals surface area contributed by atoms with Gasteiger partial charge in [-0.3, -0.25) is 0 Å². The Morgan fingerprint density at radius 1 is 1.35 bits per heavy atom. The Kier molecular flexibility index (Phi) is 3.71. The van der Waals surface area contributed by atoms with Gasteiger partial charge in [-0.1, -0.05) is 18.2 Å². The van der Waals surface area contributed by atoms with Crippen LogP contribution in [0.15, 0.2) is 30.5 Å². The van der Waals surface area contributed by atoms with Gasteiger partial charge in [0.2, 0.25) is 0 Å². The molecule has 1 aromatic heterocycles. The van der Waals surface area contributed by atoms with E-state index in [2.05, 4.69) is 9.72 Å². The molecule has 4 nitrogen and oxygen atoms in total. The van der Waals surface area contributed by atoms with Crippen LogP contribution in [0.4, 0.5) is 13.2 Å². The maximum Gasteiger partial charge on any atom is 0.398 e. The predicted molar refractivity (Wildman–Crippen MR) is 65.1 cm³/mol. The molecule has 0 saturated carbocycles. The largest absolute Gasteiger partial charge is 0.467 e. The van der Waals surface area contributed by atoms with E-state index in [-0.39, 0.29) is 5.56 Å². The lowest BCUT2D eigenvalue weighted by Gasteiger charge is -2.23. The Morgan fingerprint density at radius 3 is 2.60 bits per heavy atom. The molecule has 7 heteroatoms. The number of H-pyrrole nitrogens is 1. The fourth-order valence-corrected chi connectivity index (χ4v) is 2.13. The maximum absolute atomic E-state index is 13.2. The van der Waals surface area contributed by atoms with Crippen LogP contribution in [0, 0.1) is 0 Å².